The van der Waals surface area contributed by atoms with Gasteiger partial charge in [0.2, 0.25) is 0 Å². The Morgan fingerprint density at radius 2 is 1.93 bits per heavy atom. The summed E-state index contributed by atoms with van der Waals surface area (Å²) in [5, 5.41) is 0. The number of carbonyl (C=O) groups excluding carboxylic acids is 2. The molecule has 6 rings (SSSR count). The van der Waals surface area contributed by atoms with E-state index in [4.69, 9.17) is 9.47 Å². The highest BCUT2D eigenvalue weighted by molar-refractivity contribution is 9.09. The molecule has 0 amide bonds. The van der Waals surface area contributed by atoms with Gasteiger partial charge in [-0.25, -0.2) is 0 Å². The van der Waals surface area contributed by atoms with Gasteiger partial charge in [0.25, 0.3) is 0 Å². The van der Waals surface area contributed by atoms with Crippen LogP contribution in [0.25, 0.3) is 0 Å². The number of esters is 1. The van der Waals surface area contributed by atoms with Crippen LogP contribution in [0.2, 0.25) is 0 Å². The van der Waals surface area contributed by atoms with Crippen LogP contribution < -0.4 is 0 Å². The minimum Gasteiger partial charge on any atom is -0.462 e. The van der Waals surface area contributed by atoms with E-state index in [1.165, 1.54) is 0 Å². The van der Waals surface area contributed by atoms with Crippen molar-refractivity contribution in [3.05, 3.63) is 0 Å². The second-order valence-electron chi connectivity index (χ2n) is 12.8. The summed E-state index contributed by atoms with van der Waals surface area (Å²) in [6.45, 7) is 10.5. The van der Waals surface area contributed by atoms with Gasteiger partial charge in [-0.15, -0.1) is 0 Å². The summed E-state index contributed by atoms with van der Waals surface area (Å²) in [7, 11) is 0. The van der Waals surface area contributed by atoms with Crippen molar-refractivity contribution in [1.29, 1.82) is 0 Å². The molecule has 6 aliphatic rings. The lowest BCUT2D eigenvalue weighted by Gasteiger charge is -2.60. The Kier molecular flexibility index (Phi) is 3.86. The molecule has 30 heavy (non-hydrogen) atoms. The van der Waals surface area contributed by atoms with Gasteiger partial charge in [-0.3, -0.25) is 9.59 Å². The number of carbonyl (C=O) groups is 2. The number of hydrogen-bond donors (Lipinski definition) is 0. The van der Waals surface area contributed by atoms with E-state index in [0.717, 1.165) is 38.5 Å². The van der Waals surface area contributed by atoms with E-state index in [1.54, 1.807) is 0 Å². The fourth-order valence-electron chi connectivity index (χ4n) is 8.65. The summed E-state index contributed by atoms with van der Waals surface area (Å²) in [4.78, 5) is 25.9. The highest BCUT2D eigenvalue weighted by Gasteiger charge is 2.81. The molecule has 0 radical (unpaired) electrons. The van der Waals surface area contributed by atoms with Crippen molar-refractivity contribution < 1.29 is 19.1 Å². The van der Waals surface area contributed by atoms with Crippen LogP contribution in [0.1, 0.15) is 73.1 Å². The van der Waals surface area contributed by atoms with Gasteiger partial charge in [-0.1, -0.05) is 29.8 Å². The monoisotopic (exact) mass is 478 g/mol. The van der Waals surface area contributed by atoms with Crippen LogP contribution in [0, 0.1) is 45.8 Å². The first-order valence-electron chi connectivity index (χ1n) is 12.0. The van der Waals surface area contributed by atoms with E-state index in [9.17, 15) is 9.59 Å². The number of halogens is 1. The SMILES string of the molecule is CC(C)(C)C(=O)O[C@H]1CC[C@]2(C)C3CC[C@]4(C)C(=O)[C@H]5C[C@H]5C4[C@@H]3C(Br)[C@H]3O[C@]32C1. The Morgan fingerprint density at radius 3 is 2.63 bits per heavy atom. The summed E-state index contributed by atoms with van der Waals surface area (Å²) in [6.07, 6.45) is 6.26. The summed E-state index contributed by atoms with van der Waals surface area (Å²) < 4.78 is 12.6. The average Bonchev–Trinajstić information content (AvgIpc) is 3.56. The largest absolute Gasteiger partial charge is 0.462 e. The molecular weight excluding hydrogens is 444 g/mol. The minimum absolute atomic E-state index is 0.0409. The number of ether oxygens (including phenoxy) is 2. The van der Waals surface area contributed by atoms with Gasteiger partial charge in [-0.05, 0) is 76.5 Å². The van der Waals surface area contributed by atoms with Gasteiger partial charge >= 0.3 is 5.97 Å². The summed E-state index contributed by atoms with van der Waals surface area (Å²) >= 11 is 4.10. The van der Waals surface area contributed by atoms with Crippen molar-refractivity contribution in [3.63, 3.8) is 0 Å². The first-order valence-corrected chi connectivity index (χ1v) is 12.9. The standard InChI is InChI=1S/C25H35BrO4/c1-22(2,3)21(28)29-12-6-9-24(5)15-7-8-23(4)17(13-10-14(13)19(23)27)16(15)18(26)20-25(24,11-12)30-20/h12-18,20H,6-11H2,1-5H3/t12-,13+,14-,15?,16+,17?,18?,20+,23-,24+,25+/m0/s1. The third-order valence-electron chi connectivity index (χ3n) is 10.4. The Hall–Kier alpha value is -0.420. The summed E-state index contributed by atoms with van der Waals surface area (Å²) in [6, 6.07) is 0. The molecule has 4 nitrogen and oxygen atoms in total. The summed E-state index contributed by atoms with van der Waals surface area (Å²) in [5.74, 6) is 3.07. The maximum Gasteiger partial charge on any atom is 0.311 e. The Bertz CT molecular complexity index is 833. The van der Waals surface area contributed by atoms with E-state index in [0.29, 0.717) is 40.2 Å². The fraction of sp³-hybridized carbons (Fsp3) is 0.920. The molecule has 1 heterocycles. The number of alkyl halides is 1. The van der Waals surface area contributed by atoms with Gasteiger partial charge in [0.05, 0.1) is 5.41 Å². The zero-order valence-electron chi connectivity index (χ0n) is 18.9. The number of rotatable bonds is 1. The molecule has 0 aromatic carbocycles. The second-order valence-corrected chi connectivity index (χ2v) is 13.9. The van der Waals surface area contributed by atoms with Crippen molar-refractivity contribution in [2.24, 2.45) is 45.8 Å². The van der Waals surface area contributed by atoms with Crippen molar-refractivity contribution in [3.8, 4) is 0 Å². The number of Topliss-reactive ketones (excluding diaryl/α,β-unsaturated/α-hetero) is 1. The number of hydrogen-bond acceptors (Lipinski definition) is 4. The topological polar surface area (TPSA) is 55.9 Å². The number of fused-ring (bicyclic) bond motifs is 6. The molecule has 0 aromatic heterocycles. The molecule has 6 fully saturated rings. The van der Waals surface area contributed by atoms with Crippen LogP contribution in [0.15, 0.2) is 0 Å². The third-order valence-corrected chi connectivity index (χ3v) is 11.5. The van der Waals surface area contributed by atoms with Gasteiger partial charge < -0.3 is 9.47 Å². The highest BCUT2D eigenvalue weighted by atomic mass is 79.9. The highest BCUT2D eigenvalue weighted by Crippen LogP contribution is 2.77. The van der Waals surface area contributed by atoms with E-state index in [-0.39, 0.29) is 34.6 Å². The molecule has 1 saturated heterocycles. The molecule has 166 valence electrons. The Balaban J connectivity index is 1.29. The average molecular weight is 479 g/mol. The lowest BCUT2D eigenvalue weighted by molar-refractivity contribution is -0.168. The van der Waals surface area contributed by atoms with Gasteiger partial charge in [0.1, 0.15) is 23.6 Å². The second kappa shape index (κ2) is 5.73. The minimum atomic E-state index is -0.471. The smallest absolute Gasteiger partial charge is 0.311 e. The molecule has 0 N–H and O–H groups in total. The number of ketones is 1. The van der Waals surface area contributed by atoms with E-state index >= 15 is 0 Å². The van der Waals surface area contributed by atoms with Crippen LogP contribution in [0.3, 0.4) is 0 Å². The fourth-order valence-corrected chi connectivity index (χ4v) is 9.88. The van der Waals surface area contributed by atoms with Crippen LogP contribution in [0.4, 0.5) is 0 Å². The Morgan fingerprint density at radius 1 is 1.20 bits per heavy atom. The molecular formula is C25H35BrO4. The van der Waals surface area contributed by atoms with Crippen molar-refractivity contribution in [2.75, 3.05) is 0 Å². The van der Waals surface area contributed by atoms with Crippen molar-refractivity contribution >= 4 is 27.7 Å². The number of epoxide rings is 1. The predicted molar refractivity (Wildman–Crippen MR) is 116 cm³/mol. The molecule has 5 heteroatoms. The first kappa shape index (κ1) is 20.2. The maximum absolute atomic E-state index is 13.1. The van der Waals surface area contributed by atoms with Crippen molar-refractivity contribution in [1.82, 2.24) is 0 Å². The van der Waals surface area contributed by atoms with Crippen LogP contribution >= 0.6 is 15.9 Å². The lowest BCUT2D eigenvalue weighted by Crippen LogP contribution is -2.62. The predicted octanol–water partition coefficient (Wildman–Crippen LogP) is 4.92. The first-order chi connectivity index (χ1) is 13.9. The quantitative estimate of drug-likeness (QED) is 0.305. The zero-order valence-corrected chi connectivity index (χ0v) is 20.5. The van der Waals surface area contributed by atoms with E-state index in [2.05, 4.69) is 29.8 Å². The van der Waals surface area contributed by atoms with E-state index < -0.39 is 5.41 Å². The molecule has 11 atom stereocenters. The van der Waals surface area contributed by atoms with Crippen LogP contribution in [0.5, 0.6) is 0 Å². The normalized spacial score (nSPS) is 58.0. The van der Waals surface area contributed by atoms with E-state index in [1.807, 2.05) is 20.8 Å². The molecule has 5 saturated carbocycles. The van der Waals surface area contributed by atoms with Crippen LogP contribution in [-0.2, 0) is 19.1 Å². The molecule has 5 aliphatic carbocycles. The van der Waals surface area contributed by atoms with Gasteiger partial charge in [-0.2, -0.15) is 0 Å². The zero-order chi connectivity index (χ0) is 21.4. The Labute approximate surface area is 188 Å². The lowest BCUT2D eigenvalue weighted by atomic mass is 9.44. The molecule has 0 bridgehead atoms. The van der Waals surface area contributed by atoms with Crippen LogP contribution in [-0.4, -0.2) is 34.4 Å². The van der Waals surface area contributed by atoms with Gasteiger partial charge in [0, 0.05) is 28.0 Å². The molecule has 3 unspecified atom stereocenters. The van der Waals surface area contributed by atoms with Crippen molar-refractivity contribution in [2.45, 2.75) is 95.8 Å². The third kappa shape index (κ3) is 2.27. The maximum atomic E-state index is 13.1. The molecule has 1 spiro atoms. The molecule has 1 aliphatic heterocycles. The summed E-state index contributed by atoms with van der Waals surface area (Å²) in [5.41, 5.74) is -0.621. The van der Waals surface area contributed by atoms with Gasteiger partial charge in [0.15, 0.2) is 0 Å². The molecule has 0 aromatic rings.